The second-order valence-corrected chi connectivity index (χ2v) is 8.36. The van der Waals surface area contributed by atoms with Crippen LogP contribution < -0.4 is 10.5 Å². The summed E-state index contributed by atoms with van der Waals surface area (Å²) in [5, 5.41) is 0. The number of primary amides is 1. The van der Waals surface area contributed by atoms with Gasteiger partial charge in [0.1, 0.15) is 11.5 Å². The number of nitrogens with two attached hydrogens (primary N) is 1. The van der Waals surface area contributed by atoms with Crippen molar-refractivity contribution in [1.82, 2.24) is 9.80 Å². The zero-order valence-corrected chi connectivity index (χ0v) is 18.9. The second-order valence-electron chi connectivity index (χ2n) is 8.36. The highest BCUT2D eigenvalue weighted by atomic mass is 16.5. The van der Waals surface area contributed by atoms with Crippen LogP contribution in [0.1, 0.15) is 38.3 Å². The Labute approximate surface area is 194 Å². The van der Waals surface area contributed by atoms with Gasteiger partial charge in [0.2, 0.25) is 5.91 Å². The van der Waals surface area contributed by atoms with Crippen molar-refractivity contribution in [3.63, 3.8) is 0 Å². The summed E-state index contributed by atoms with van der Waals surface area (Å²) in [6.45, 7) is 6.39. The Balaban J connectivity index is 1.34. The monoisotopic (exact) mass is 443 g/mol. The summed E-state index contributed by atoms with van der Waals surface area (Å²) in [4.78, 5) is 28.6. The Morgan fingerprint density at radius 3 is 2.09 bits per heavy atom. The van der Waals surface area contributed by atoms with Crippen LogP contribution in [-0.2, 0) is 6.54 Å². The van der Waals surface area contributed by atoms with Gasteiger partial charge in [-0.15, -0.1) is 0 Å². The van der Waals surface area contributed by atoms with Crippen molar-refractivity contribution in [2.24, 2.45) is 5.73 Å². The smallest absolute Gasteiger partial charge is 0.253 e. The number of nitrogens with zero attached hydrogens (tertiary/aromatic N) is 2. The highest BCUT2D eigenvalue weighted by Gasteiger charge is 2.20. The lowest BCUT2D eigenvalue weighted by Gasteiger charge is -2.22. The molecule has 0 aliphatic carbocycles. The summed E-state index contributed by atoms with van der Waals surface area (Å²) in [5.74, 6) is 0.792. The van der Waals surface area contributed by atoms with E-state index in [0.29, 0.717) is 22.6 Å². The number of amides is 2. The van der Waals surface area contributed by atoms with Crippen molar-refractivity contribution in [2.75, 3.05) is 26.2 Å². The number of hydrogen-bond acceptors (Lipinski definition) is 4. The Morgan fingerprint density at radius 2 is 1.45 bits per heavy atom. The van der Waals surface area contributed by atoms with Gasteiger partial charge in [0.15, 0.2) is 0 Å². The SMILES string of the molecule is Cc1ccccc1CN1CCCN(C(=O)c2ccc(Oc3ccc(C(N)=O)cc3)cc2)CC1. The molecule has 1 aliphatic heterocycles. The van der Waals surface area contributed by atoms with Crippen molar-refractivity contribution < 1.29 is 14.3 Å². The third-order valence-corrected chi connectivity index (χ3v) is 6.01. The predicted molar refractivity (Wildman–Crippen MR) is 128 cm³/mol. The molecule has 1 saturated heterocycles. The van der Waals surface area contributed by atoms with Gasteiger partial charge in [-0.05, 0) is 73.0 Å². The summed E-state index contributed by atoms with van der Waals surface area (Å²) in [7, 11) is 0. The van der Waals surface area contributed by atoms with Crippen LogP contribution in [0.3, 0.4) is 0 Å². The van der Waals surface area contributed by atoms with E-state index in [-0.39, 0.29) is 5.91 Å². The van der Waals surface area contributed by atoms with Gasteiger partial charge in [-0.3, -0.25) is 14.5 Å². The van der Waals surface area contributed by atoms with E-state index >= 15 is 0 Å². The van der Waals surface area contributed by atoms with E-state index in [2.05, 4.69) is 36.1 Å². The van der Waals surface area contributed by atoms with E-state index < -0.39 is 5.91 Å². The normalized spacial score (nSPS) is 14.5. The van der Waals surface area contributed by atoms with E-state index in [1.807, 2.05) is 4.90 Å². The zero-order valence-electron chi connectivity index (χ0n) is 18.9. The molecule has 2 amide bonds. The molecule has 0 atom stereocenters. The fourth-order valence-electron chi connectivity index (χ4n) is 4.03. The van der Waals surface area contributed by atoms with E-state index in [9.17, 15) is 9.59 Å². The topological polar surface area (TPSA) is 75.9 Å². The molecule has 0 bridgehead atoms. The van der Waals surface area contributed by atoms with Crippen molar-refractivity contribution in [3.8, 4) is 11.5 Å². The van der Waals surface area contributed by atoms with Crippen molar-refractivity contribution >= 4 is 11.8 Å². The molecule has 6 nitrogen and oxygen atoms in total. The molecule has 3 aromatic carbocycles. The van der Waals surface area contributed by atoms with Crippen LogP contribution >= 0.6 is 0 Å². The fourth-order valence-corrected chi connectivity index (χ4v) is 4.03. The summed E-state index contributed by atoms with van der Waals surface area (Å²) in [6.07, 6.45) is 0.958. The second kappa shape index (κ2) is 10.3. The standard InChI is InChI=1S/C27H29N3O3/c1-20-5-2-3-6-23(20)19-29-15-4-16-30(18-17-29)27(32)22-9-13-25(14-10-22)33-24-11-7-21(8-12-24)26(28)31/h2-3,5-14H,4,15-19H2,1H3,(H2,28,31). The lowest BCUT2D eigenvalue weighted by molar-refractivity contribution is 0.0761. The Bertz CT molecular complexity index is 1110. The van der Waals surface area contributed by atoms with Crippen LogP contribution in [0.5, 0.6) is 11.5 Å². The average molecular weight is 444 g/mol. The van der Waals surface area contributed by atoms with E-state index in [0.717, 1.165) is 39.1 Å². The first-order valence-corrected chi connectivity index (χ1v) is 11.2. The number of carbonyl (C=O) groups is 2. The van der Waals surface area contributed by atoms with Crippen LogP contribution in [0.25, 0.3) is 0 Å². The molecule has 33 heavy (non-hydrogen) atoms. The molecule has 1 fully saturated rings. The molecule has 0 aromatic heterocycles. The largest absolute Gasteiger partial charge is 0.457 e. The summed E-state index contributed by atoms with van der Waals surface area (Å²) < 4.78 is 5.81. The van der Waals surface area contributed by atoms with E-state index in [1.165, 1.54) is 11.1 Å². The number of rotatable bonds is 6. The number of ether oxygens (including phenoxy) is 1. The summed E-state index contributed by atoms with van der Waals surface area (Å²) >= 11 is 0. The molecule has 4 rings (SSSR count). The maximum absolute atomic E-state index is 13.1. The van der Waals surface area contributed by atoms with Crippen LogP contribution in [-0.4, -0.2) is 47.8 Å². The molecular weight excluding hydrogens is 414 g/mol. The van der Waals surface area contributed by atoms with Crippen LogP contribution in [0.4, 0.5) is 0 Å². The molecule has 2 N–H and O–H groups in total. The first-order valence-electron chi connectivity index (χ1n) is 11.2. The number of benzene rings is 3. The quantitative estimate of drug-likeness (QED) is 0.619. The highest BCUT2D eigenvalue weighted by molar-refractivity contribution is 5.94. The molecule has 0 unspecified atom stereocenters. The van der Waals surface area contributed by atoms with Crippen molar-refractivity contribution in [1.29, 1.82) is 0 Å². The Morgan fingerprint density at radius 1 is 0.818 bits per heavy atom. The molecule has 170 valence electrons. The van der Waals surface area contributed by atoms with Crippen LogP contribution in [0.15, 0.2) is 72.8 Å². The molecule has 0 saturated carbocycles. The van der Waals surface area contributed by atoms with Gasteiger partial charge in [0.05, 0.1) is 0 Å². The third-order valence-electron chi connectivity index (χ3n) is 6.01. The number of carbonyl (C=O) groups excluding carboxylic acids is 2. The molecule has 6 heteroatoms. The minimum atomic E-state index is -0.476. The van der Waals surface area contributed by atoms with Crippen LogP contribution in [0, 0.1) is 6.92 Å². The minimum absolute atomic E-state index is 0.0464. The Kier molecular flexibility index (Phi) is 7.05. The van der Waals surface area contributed by atoms with E-state index in [1.54, 1.807) is 48.5 Å². The maximum Gasteiger partial charge on any atom is 0.253 e. The average Bonchev–Trinajstić information content (AvgIpc) is 3.06. The molecule has 0 spiro atoms. The summed E-state index contributed by atoms with van der Waals surface area (Å²) in [5.41, 5.74) is 8.99. The Hall–Kier alpha value is -3.64. The highest BCUT2D eigenvalue weighted by Crippen LogP contribution is 2.23. The van der Waals surface area contributed by atoms with Gasteiger partial charge < -0.3 is 15.4 Å². The zero-order chi connectivity index (χ0) is 23.2. The molecule has 3 aromatic rings. The van der Waals surface area contributed by atoms with Gasteiger partial charge in [-0.1, -0.05) is 24.3 Å². The maximum atomic E-state index is 13.1. The summed E-state index contributed by atoms with van der Waals surface area (Å²) in [6, 6.07) is 22.3. The first kappa shape index (κ1) is 22.6. The number of hydrogen-bond donors (Lipinski definition) is 1. The lowest BCUT2D eigenvalue weighted by Crippen LogP contribution is -2.35. The van der Waals surface area contributed by atoms with Gasteiger partial charge in [-0.25, -0.2) is 0 Å². The molecular formula is C27H29N3O3. The van der Waals surface area contributed by atoms with Gasteiger partial charge in [0.25, 0.3) is 5.91 Å². The molecule has 1 aliphatic rings. The predicted octanol–water partition coefficient (Wildman–Crippen LogP) is 4.23. The van der Waals surface area contributed by atoms with Gasteiger partial charge >= 0.3 is 0 Å². The van der Waals surface area contributed by atoms with Crippen molar-refractivity contribution in [3.05, 3.63) is 95.1 Å². The van der Waals surface area contributed by atoms with Gasteiger partial charge in [-0.2, -0.15) is 0 Å². The van der Waals surface area contributed by atoms with Crippen LogP contribution in [0.2, 0.25) is 0 Å². The van der Waals surface area contributed by atoms with E-state index in [4.69, 9.17) is 10.5 Å². The molecule has 1 heterocycles. The number of aryl methyl sites for hydroxylation is 1. The lowest BCUT2D eigenvalue weighted by atomic mass is 10.1. The first-order chi connectivity index (χ1) is 16.0. The van der Waals surface area contributed by atoms with Gasteiger partial charge in [0, 0.05) is 43.9 Å². The fraction of sp³-hybridized carbons (Fsp3) is 0.259. The third kappa shape index (κ3) is 5.79. The molecule has 0 radical (unpaired) electrons. The minimum Gasteiger partial charge on any atom is -0.457 e. The van der Waals surface area contributed by atoms with Crippen molar-refractivity contribution in [2.45, 2.75) is 19.9 Å².